The number of carbonyl (C=O) groups excluding carboxylic acids is 1. The molecule has 0 bridgehead atoms. The second-order valence-electron chi connectivity index (χ2n) is 7.97. The van der Waals surface area contributed by atoms with Crippen molar-refractivity contribution in [3.63, 3.8) is 0 Å². The molecule has 166 valence electrons. The maximum absolute atomic E-state index is 12.0. The number of aliphatic imine (C=N–C) groups is 1. The molecule has 0 radical (unpaired) electrons. The summed E-state index contributed by atoms with van der Waals surface area (Å²) in [4.78, 5) is 16.2. The molecule has 0 aromatic heterocycles. The predicted molar refractivity (Wildman–Crippen MR) is 127 cm³/mol. The van der Waals surface area contributed by atoms with Gasteiger partial charge >= 0.3 is 6.09 Å². The molecule has 0 unspecified atom stereocenters. The Morgan fingerprint density at radius 3 is 2.24 bits per heavy atom. The molecule has 0 fully saturated rings. The number of rotatable bonds is 7. The summed E-state index contributed by atoms with van der Waals surface area (Å²) in [5.74, 6) is 2.07. The van der Waals surface area contributed by atoms with Crippen LogP contribution in [0.5, 0.6) is 11.5 Å². The van der Waals surface area contributed by atoms with Gasteiger partial charge in [0.25, 0.3) is 0 Å². The molecule has 3 N–H and O–H groups in total. The minimum absolute atomic E-state index is 0. The Labute approximate surface area is 191 Å². The summed E-state index contributed by atoms with van der Waals surface area (Å²) in [6.07, 6.45) is -0.454. The lowest BCUT2D eigenvalue weighted by Crippen LogP contribution is -2.54. The Hall–Kier alpha value is -1.91. The SMILES string of the molecule is CN=C(NCc1ccc(OC)cc1OC)NCC(C)(C)NC(=O)OC(C)(C)C.I. The van der Waals surface area contributed by atoms with E-state index in [4.69, 9.17) is 14.2 Å². The molecule has 29 heavy (non-hydrogen) atoms. The molecule has 0 saturated heterocycles. The zero-order chi connectivity index (χ0) is 21.4. The van der Waals surface area contributed by atoms with Gasteiger partial charge in [-0.05, 0) is 46.8 Å². The average Bonchev–Trinajstić information content (AvgIpc) is 2.59. The zero-order valence-corrected chi connectivity index (χ0v) is 21.0. The number of hydrogen-bond acceptors (Lipinski definition) is 5. The molecule has 1 aromatic rings. The van der Waals surface area contributed by atoms with Gasteiger partial charge < -0.3 is 30.2 Å². The fraction of sp³-hybridized carbons (Fsp3) is 0.600. The first-order valence-corrected chi connectivity index (χ1v) is 9.16. The number of carbonyl (C=O) groups is 1. The average molecular weight is 522 g/mol. The highest BCUT2D eigenvalue weighted by Crippen LogP contribution is 2.24. The Bertz CT molecular complexity index is 688. The highest BCUT2D eigenvalue weighted by Gasteiger charge is 2.24. The number of nitrogens with one attached hydrogen (secondary N) is 3. The molecular formula is C20H35IN4O4. The van der Waals surface area contributed by atoms with Gasteiger partial charge in [-0.1, -0.05) is 0 Å². The van der Waals surface area contributed by atoms with E-state index in [0.717, 1.165) is 17.1 Å². The van der Waals surface area contributed by atoms with Gasteiger partial charge in [-0.3, -0.25) is 4.99 Å². The zero-order valence-electron chi connectivity index (χ0n) is 18.6. The summed E-state index contributed by atoms with van der Waals surface area (Å²) in [6.45, 7) is 10.3. The first-order valence-electron chi connectivity index (χ1n) is 9.16. The molecule has 0 atom stereocenters. The molecule has 0 heterocycles. The van der Waals surface area contributed by atoms with Gasteiger partial charge in [0, 0.05) is 31.8 Å². The Kier molecular flexibility index (Phi) is 11.2. The number of hydrogen-bond donors (Lipinski definition) is 3. The van der Waals surface area contributed by atoms with E-state index in [1.165, 1.54) is 0 Å². The molecule has 0 aliphatic rings. The number of halogens is 1. The third-order valence-corrected chi connectivity index (χ3v) is 3.70. The van der Waals surface area contributed by atoms with Crippen LogP contribution >= 0.6 is 24.0 Å². The Morgan fingerprint density at radius 2 is 1.72 bits per heavy atom. The van der Waals surface area contributed by atoms with Crippen molar-refractivity contribution in [2.45, 2.75) is 52.3 Å². The maximum atomic E-state index is 12.0. The normalized spacial score (nSPS) is 11.8. The fourth-order valence-electron chi connectivity index (χ4n) is 2.33. The van der Waals surface area contributed by atoms with Crippen LogP contribution in [0.4, 0.5) is 4.79 Å². The minimum Gasteiger partial charge on any atom is -0.497 e. The van der Waals surface area contributed by atoms with E-state index in [0.29, 0.717) is 19.0 Å². The van der Waals surface area contributed by atoms with Crippen molar-refractivity contribution >= 4 is 36.0 Å². The Morgan fingerprint density at radius 1 is 1.07 bits per heavy atom. The van der Waals surface area contributed by atoms with Crippen molar-refractivity contribution in [1.82, 2.24) is 16.0 Å². The summed E-state index contributed by atoms with van der Waals surface area (Å²) in [5, 5.41) is 9.30. The van der Waals surface area contributed by atoms with E-state index in [-0.39, 0.29) is 24.0 Å². The van der Waals surface area contributed by atoms with Crippen LogP contribution in [-0.2, 0) is 11.3 Å². The highest BCUT2D eigenvalue weighted by molar-refractivity contribution is 14.0. The number of methoxy groups -OCH3 is 2. The first-order chi connectivity index (χ1) is 13.0. The monoisotopic (exact) mass is 522 g/mol. The van der Waals surface area contributed by atoms with Crippen molar-refractivity contribution < 1.29 is 19.0 Å². The van der Waals surface area contributed by atoms with E-state index in [1.807, 2.05) is 52.8 Å². The standard InChI is InChI=1S/C20H34N4O4.HI/c1-19(2,3)28-18(25)24-20(4,5)13-23-17(21-6)22-12-14-9-10-15(26-7)11-16(14)27-8;/h9-11H,12-13H2,1-8H3,(H,24,25)(H2,21,22,23);1H. The van der Waals surface area contributed by atoms with Crippen LogP contribution in [0.3, 0.4) is 0 Å². The first kappa shape index (κ1) is 27.1. The van der Waals surface area contributed by atoms with E-state index >= 15 is 0 Å². The molecule has 0 aliphatic carbocycles. The predicted octanol–water partition coefficient (Wildman–Crippen LogP) is 3.29. The lowest BCUT2D eigenvalue weighted by Gasteiger charge is -2.29. The number of benzene rings is 1. The van der Waals surface area contributed by atoms with Crippen LogP contribution in [0.15, 0.2) is 23.2 Å². The minimum atomic E-state index is -0.539. The van der Waals surface area contributed by atoms with Gasteiger partial charge in [0.2, 0.25) is 0 Å². The van der Waals surface area contributed by atoms with Crippen molar-refractivity contribution in [3.05, 3.63) is 23.8 Å². The Balaban J connectivity index is 0.00000784. The third-order valence-electron chi connectivity index (χ3n) is 3.70. The molecule has 8 nitrogen and oxygen atoms in total. The summed E-state index contributed by atoms with van der Waals surface area (Å²) in [5.41, 5.74) is -0.0993. The molecule has 9 heteroatoms. The van der Waals surface area contributed by atoms with E-state index in [1.54, 1.807) is 21.3 Å². The molecule has 0 spiro atoms. The summed E-state index contributed by atoms with van der Waals surface area (Å²) in [6, 6.07) is 5.65. The summed E-state index contributed by atoms with van der Waals surface area (Å²) < 4.78 is 15.9. The van der Waals surface area contributed by atoms with E-state index in [9.17, 15) is 4.79 Å². The smallest absolute Gasteiger partial charge is 0.408 e. The fourth-order valence-corrected chi connectivity index (χ4v) is 2.33. The number of alkyl carbamates (subject to hydrolysis) is 1. The van der Waals surface area contributed by atoms with Crippen LogP contribution < -0.4 is 25.4 Å². The quantitative estimate of drug-likeness (QED) is 0.289. The largest absolute Gasteiger partial charge is 0.497 e. The van der Waals surface area contributed by atoms with Crippen molar-refractivity contribution in [3.8, 4) is 11.5 Å². The summed E-state index contributed by atoms with van der Waals surface area (Å²) in [7, 11) is 4.93. The van der Waals surface area contributed by atoms with Crippen LogP contribution in [0.25, 0.3) is 0 Å². The van der Waals surface area contributed by atoms with Crippen LogP contribution in [0.1, 0.15) is 40.2 Å². The number of nitrogens with zero attached hydrogens (tertiary/aromatic N) is 1. The van der Waals surface area contributed by atoms with Crippen LogP contribution in [-0.4, -0.2) is 51.0 Å². The van der Waals surface area contributed by atoms with Crippen molar-refractivity contribution in [2.75, 3.05) is 27.8 Å². The number of ether oxygens (including phenoxy) is 3. The van der Waals surface area contributed by atoms with Crippen molar-refractivity contribution in [2.24, 2.45) is 4.99 Å². The lowest BCUT2D eigenvalue weighted by atomic mass is 10.1. The summed E-state index contributed by atoms with van der Waals surface area (Å²) >= 11 is 0. The van der Waals surface area contributed by atoms with Gasteiger partial charge in [-0.2, -0.15) is 0 Å². The van der Waals surface area contributed by atoms with Gasteiger partial charge in [0.05, 0.1) is 19.8 Å². The number of amides is 1. The third kappa shape index (κ3) is 10.4. The van der Waals surface area contributed by atoms with Gasteiger partial charge in [0.1, 0.15) is 17.1 Å². The molecular weight excluding hydrogens is 487 g/mol. The van der Waals surface area contributed by atoms with Crippen molar-refractivity contribution in [1.29, 1.82) is 0 Å². The second-order valence-corrected chi connectivity index (χ2v) is 7.97. The molecule has 0 saturated carbocycles. The molecule has 1 amide bonds. The van der Waals surface area contributed by atoms with Gasteiger partial charge in [-0.15, -0.1) is 24.0 Å². The van der Waals surface area contributed by atoms with Gasteiger partial charge in [0.15, 0.2) is 5.96 Å². The van der Waals surface area contributed by atoms with Crippen LogP contribution in [0.2, 0.25) is 0 Å². The topological polar surface area (TPSA) is 93.2 Å². The van der Waals surface area contributed by atoms with Gasteiger partial charge in [-0.25, -0.2) is 4.79 Å². The highest BCUT2D eigenvalue weighted by atomic mass is 127. The number of guanidine groups is 1. The van der Waals surface area contributed by atoms with E-state index in [2.05, 4.69) is 20.9 Å². The lowest BCUT2D eigenvalue weighted by molar-refractivity contribution is 0.0474. The molecule has 1 rings (SSSR count). The van der Waals surface area contributed by atoms with E-state index < -0.39 is 17.2 Å². The van der Waals surface area contributed by atoms with Crippen LogP contribution in [0, 0.1) is 0 Å². The maximum Gasteiger partial charge on any atom is 0.408 e. The molecule has 0 aliphatic heterocycles. The second kappa shape index (κ2) is 11.9. The molecule has 1 aromatic carbocycles.